The van der Waals surface area contributed by atoms with Crippen molar-refractivity contribution in [1.29, 1.82) is 0 Å². The summed E-state index contributed by atoms with van der Waals surface area (Å²) in [6.45, 7) is 6.92. The second-order valence-electron chi connectivity index (χ2n) is 5.53. The zero-order valence-electron chi connectivity index (χ0n) is 12.1. The summed E-state index contributed by atoms with van der Waals surface area (Å²) in [5.41, 5.74) is 1.74. The van der Waals surface area contributed by atoms with Crippen molar-refractivity contribution >= 4 is 16.6 Å². The van der Waals surface area contributed by atoms with Crippen LogP contribution in [0, 0.1) is 5.82 Å². The molecule has 4 heteroatoms. The van der Waals surface area contributed by atoms with Gasteiger partial charge in [-0.25, -0.2) is 4.39 Å². The van der Waals surface area contributed by atoms with E-state index in [0.717, 1.165) is 43.5 Å². The lowest BCUT2D eigenvalue weighted by Gasteiger charge is -2.32. The predicted molar refractivity (Wildman–Crippen MR) is 85.0 cm³/mol. The van der Waals surface area contributed by atoms with Crippen LogP contribution >= 0.6 is 0 Å². The highest BCUT2D eigenvalue weighted by atomic mass is 19.1. The molecule has 2 aromatic rings. The van der Waals surface area contributed by atoms with E-state index in [2.05, 4.69) is 21.8 Å². The molecular weight excluding hydrogens is 265 g/mol. The minimum atomic E-state index is -0.245. The van der Waals surface area contributed by atoms with Crippen molar-refractivity contribution in [1.82, 2.24) is 9.88 Å². The van der Waals surface area contributed by atoms with Crippen LogP contribution in [0.3, 0.4) is 0 Å². The summed E-state index contributed by atoms with van der Waals surface area (Å²) in [6.07, 6.45) is 5.91. The lowest BCUT2D eigenvalue weighted by Crippen LogP contribution is -2.39. The monoisotopic (exact) mass is 285 g/mol. The molecule has 1 saturated heterocycles. The molecule has 1 aliphatic heterocycles. The van der Waals surface area contributed by atoms with Gasteiger partial charge < -0.3 is 5.32 Å². The third-order valence-corrected chi connectivity index (χ3v) is 4.04. The molecule has 0 saturated carbocycles. The fraction of sp³-hybridized carbons (Fsp3) is 0.353. The molecule has 110 valence electrons. The van der Waals surface area contributed by atoms with Crippen LogP contribution in [0.1, 0.15) is 12.8 Å². The molecule has 3 nitrogen and oxygen atoms in total. The highest BCUT2D eigenvalue weighted by Crippen LogP contribution is 2.24. The summed E-state index contributed by atoms with van der Waals surface area (Å²) in [5, 5.41) is 4.57. The van der Waals surface area contributed by atoms with Gasteiger partial charge in [-0.1, -0.05) is 6.08 Å². The van der Waals surface area contributed by atoms with Gasteiger partial charge in [0.1, 0.15) is 5.82 Å². The number of aromatic nitrogens is 1. The van der Waals surface area contributed by atoms with Crippen LogP contribution < -0.4 is 5.32 Å². The SMILES string of the molecule is C=CCN1CCC(Nc2ccnc3cc(F)ccc23)CC1. The second kappa shape index (κ2) is 6.22. The number of likely N-dealkylation sites (tertiary alicyclic amines) is 1. The fourth-order valence-electron chi connectivity index (χ4n) is 2.91. The Morgan fingerprint density at radius 3 is 2.90 bits per heavy atom. The van der Waals surface area contributed by atoms with Crippen LogP contribution in [0.4, 0.5) is 10.1 Å². The van der Waals surface area contributed by atoms with Crippen LogP contribution in [0.5, 0.6) is 0 Å². The molecule has 0 atom stereocenters. The number of piperidine rings is 1. The van der Waals surface area contributed by atoms with Crippen molar-refractivity contribution in [3.05, 3.63) is 48.9 Å². The highest BCUT2D eigenvalue weighted by molar-refractivity contribution is 5.91. The molecule has 1 aromatic heterocycles. The number of hydrogen-bond donors (Lipinski definition) is 1. The van der Waals surface area contributed by atoms with E-state index < -0.39 is 0 Å². The molecule has 0 unspecified atom stereocenters. The quantitative estimate of drug-likeness (QED) is 0.872. The van der Waals surface area contributed by atoms with Gasteiger partial charge in [0.15, 0.2) is 0 Å². The van der Waals surface area contributed by atoms with E-state index >= 15 is 0 Å². The molecule has 3 rings (SSSR count). The number of pyridine rings is 1. The number of halogens is 1. The molecule has 0 spiro atoms. The lowest BCUT2D eigenvalue weighted by molar-refractivity contribution is 0.240. The Bertz CT molecular complexity index is 633. The maximum absolute atomic E-state index is 13.3. The molecular formula is C17H20FN3. The number of anilines is 1. The van der Waals surface area contributed by atoms with Crippen molar-refractivity contribution in [3.8, 4) is 0 Å². The topological polar surface area (TPSA) is 28.2 Å². The second-order valence-corrected chi connectivity index (χ2v) is 5.53. The minimum Gasteiger partial charge on any atom is -0.382 e. The molecule has 2 heterocycles. The first-order valence-corrected chi connectivity index (χ1v) is 7.40. The van der Waals surface area contributed by atoms with E-state index in [9.17, 15) is 4.39 Å². The summed E-state index contributed by atoms with van der Waals surface area (Å²) in [7, 11) is 0. The third-order valence-electron chi connectivity index (χ3n) is 4.04. The number of fused-ring (bicyclic) bond motifs is 1. The normalized spacial score (nSPS) is 17.0. The Morgan fingerprint density at radius 1 is 1.33 bits per heavy atom. The van der Waals surface area contributed by atoms with Crippen LogP contribution in [-0.4, -0.2) is 35.6 Å². The molecule has 21 heavy (non-hydrogen) atoms. The van der Waals surface area contributed by atoms with E-state index in [1.165, 1.54) is 12.1 Å². The van der Waals surface area contributed by atoms with Crippen LogP contribution in [-0.2, 0) is 0 Å². The lowest BCUT2D eigenvalue weighted by atomic mass is 10.0. The summed E-state index contributed by atoms with van der Waals surface area (Å²) >= 11 is 0. The number of rotatable bonds is 4. The van der Waals surface area contributed by atoms with E-state index in [1.54, 1.807) is 12.3 Å². The summed E-state index contributed by atoms with van der Waals surface area (Å²) < 4.78 is 13.3. The fourth-order valence-corrected chi connectivity index (χ4v) is 2.91. The largest absolute Gasteiger partial charge is 0.382 e. The van der Waals surface area contributed by atoms with Gasteiger partial charge in [-0.05, 0) is 31.0 Å². The first-order valence-electron chi connectivity index (χ1n) is 7.40. The van der Waals surface area contributed by atoms with Crippen LogP contribution in [0.15, 0.2) is 43.1 Å². The number of benzene rings is 1. The number of hydrogen-bond acceptors (Lipinski definition) is 3. The van der Waals surface area contributed by atoms with Gasteiger partial charge in [0.2, 0.25) is 0 Å². The van der Waals surface area contributed by atoms with Crippen molar-refractivity contribution < 1.29 is 4.39 Å². The van der Waals surface area contributed by atoms with Crippen molar-refractivity contribution in [2.24, 2.45) is 0 Å². The number of nitrogens with zero attached hydrogens (tertiary/aromatic N) is 2. The number of nitrogens with one attached hydrogen (secondary N) is 1. The van der Waals surface area contributed by atoms with Gasteiger partial charge >= 0.3 is 0 Å². The molecule has 1 aliphatic rings. The average molecular weight is 285 g/mol. The minimum absolute atomic E-state index is 0.245. The van der Waals surface area contributed by atoms with Gasteiger partial charge in [-0.2, -0.15) is 0 Å². The average Bonchev–Trinajstić information content (AvgIpc) is 2.49. The highest BCUT2D eigenvalue weighted by Gasteiger charge is 2.18. The van der Waals surface area contributed by atoms with Crippen LogP contribution in [0.25, 0.3) is 10.9 Å². The van der Waals surface area contributed by atoms with Gasteiger partial charge in [-0.15, -0.1) is 6.58 Å². The van der Waals surface area contributed by atoms with Gasteiger partial charge in [0.25, 0.3) is 0 Å². The Labute approximate surface area is 124 Å². The molecule has 0 radical (unpaired) electrons. The van der Waals surface area contributed by atoms with E-state index in [1.807, 2.05) is 12.1 Å². The maximum atomic E-state index is 13.3. The van der Waals surface area contributed by atoms with Crippen molar-refractivity contribution in [3.63, 3.8) is 0 Å². The Balaban J connectivity index is 1.72. The molecule has 1 fully saturated rings. The van der Waals surface area contributed by atoms with E-state index in [4.69, 9.17) is 0 Å². The summed E-state index contributed by atoms with van der Waals surface area (Å²) in [6, 6.07) is 7.19. The van der Waals surface area contributed by atoms with E-state index in [0.29, 0.717) is 11.6 Å². The zero-order valence-corrected chi connectivity index (χ0v) is 12.1. The Hall–Kier alpha value is -1.94. The van der Waals surface area contributed by atoms with Crippen LogP contribution in [0.2, 0.25) is 0 Å². The smallest absolute Gasteiger partial charge is 0.125 e. The first-order chi connectivity index (χ1) is 10.3. The molecule has 0 bridgehead atoms. The molecule has 0 amide bonds. The zero-order chi connectivity index (χ0) is 14.7. The predicted octanol–water partition coefficient (Wildman–Crippen LogP) is 3.44. The van der Waals surface area contributed by atoms with Gasteiger partial charge in [0, 0.05) is 49.0 Å². The van der Waals surface area contributed by atoms with Gasteiger partial charge in [-0.3, -0.25) is 9.88 Å². The standard InChI is InChI=1S/C17H20FN3/c1-2-9-21-10-6-14(7-11-21)20-16-5-8-19-17-12-13(18)3-4-15(16)17/h2-5,8,12,14H,1,6-7,9-11H2,(H,19,20). The Kier molecular flexibility index (Phi) is 4.15. The third kappa shape index (κ3) is 3.22. The van der Waals surface area contributed by atoms with Crippen molar-refractivity contribution in [2.75, 3.05) is 25.0 Å². The van der Waals surface area contributed by atoms with Gasteiger partial charge in [0.05, 0.1) is 5.52 Å². The Morgan fingerprint density at radius 2 is 2.14 bits per heavy atom. The maximum Gasteiger partial charge on any atom is 0.125 e. The molecule has 1 aromatic carbocycles. The molecule has 1 N–H and O–H groups in total. The molecule has 0 aliphatic carbocycles. The summed E-state index contributed by atoms with van der Waals surface area (Å²) in [4.78, 5) is 6.64. The van der Waals surface area contributed by atoms with Crippen molar-refractivity contribution in [2.45, 2.75) is 18.9 Å². The summed E-state index contributed by atoms with van der Waals surface area (Å²) in [5.74, 6) is -0.245. The van der Waals surface area contributed by atoms with E-state index in [-0.39, 0.29) is 5.82 Å². The first kappa shape index (κ1) is 14.0.